The smallest absolute Gasteiger partial charge is 0.00268 e. The highest BCUT2D eigenvalue weighted by Crippen LogP contribution is 2.38. The molecular formula is C52H40. The molecule has 0 bridgehead atoms. The number of rotatable bonds is 8. The maximum absolute atomic E-state index is 2.19. The van der Waals surface area contributed by atoms with Gasteiger partial charge in [0, 0.05) is 0 Å². The summed E-state index contributed by atoms with van der Waals surface area (Å²) in [4.78, 5) is 0. The third kappa shape index (κ3) is 8.16. The molecule has 0 heteroatoms. The monoisotopic (exact) mass is 664 g/mol. The van der Waals surface area contributed by atoms with Gasteiger partial charge in [-0.1, -0.05) is 243 Å². The lowest BCUT2D eigenvalue weighted by molar-refractivity contribution is 1.50. The quantitative estimate of drug-likeness (QED) is 0.142. The molecule has 0 fully saturated rings. The van der Waals surface area contributed by atoms with Crippen molar-refractivity contribution >= 4 is 22.3 Å². The summed E-state index contributed by atoms with van der Waals surface area (Å²) in [6.07, 6.45) is 0. The van der Waals surface area contributed by atoms with Gasteiger partial charge in [0.15, 0.2) is 0 Å². The van der Waals surface area contributed by atoms with Crippen molar-refractivity contribution in [3.8, 4) is 0 Å². The first-order valence-electron chi connectivity index (χ1n) is 17.8. The summed E-state index contributed by atoms with van der Waals surface area (Å²) < 4.78 is 0. The molecule has 8 aromatic carbocycles. The lowest BCUT2D eigenvalue weighted by atomic mass is 9.86. The van der Waals surface area contributed by atoms with Gasteiger partial charge in [-0.15, -0.1) is 0 Å². The van der Waals surface area contributed by atoms with Crippen LogP contribution in [0.25, 0.3) is 22.3 Å². The zero-order chi connectivity index (χ0) is 35.2. The first kappa shape index (κ1) is 33.7. The van der Waals surface area contributed by atoms with Crippen LogP contribution in [0.3, 0.4) is 0 Å². The van der Waals surface area contributed by atoms with E-state index in [1.165, 1.54) is 66.8 Å². The van der Waals surface area contributed by atoms with Gasteiger partial charge < -0.3 is 0 Å². The molecule has 8 rings (SSSR count). The third-order valence-electron chi connectivity index (χ3n) is 9.00. The minimum atomic E-state index is 1.22. The van der Waals surface area contributed by atoms with Crippen molar-refractivity contribution in [1.82, 2.24) is 0 Å². The van der Waals surface area contributed by atoms with Gasteiger partial charge in [-0.05, 0) is 66.8 Å². The average Bonchev–Trinajstić information content (AvgIpc) is 3.24. The van der Waals surface area contributed by atoms with E-state index in [0.717, 1.165) is 0 Å². The van der Waals surface area contributed by atoms with Crippen LogP contribution in [-0.4, -0.2) is 0 Å². The molecule has 0 nitrogen and oxygen atoms in total. The molecule has 0 aliphatic rings. The Morgan fingerprint density at radius 3 is 0.327 bits per heavy atom. The zero-order valence-corrected chi connectivity index (χ0v) is 29.1. The number of benzene rings is 8. The Hall–Kier alpha value is -6.76. The van der Waals surface area contributed by atoms with E-state index >= 15 is 0 Å². The van der Waals surface area contributed by atoms with Crippen LogP contribution in [-0.2, 0) is 0 Å². The molecule has 0 aliphatic carbocycles. The second kappa shape index (κ2) is 17.3. The molecule has 0 radical (unpaired) electrons. The van der Waals surface area contributed by atoms with Crippen LogP contribution in [0.4, 0.5) is 0 Å². The van der Waals surface area contributed by atoms with Gasteiger partial charge in [0.05, 0.1) is 0 Å². The van der Waals surface area contributed by atoms with Crippen molar-refractivity contribution in [3.63, 3.8) is 0 Å². The fourth-order valence-corrected chi connectivity index (χ4v) is 6.66. The molecule has 0 saturated heterocycles. The highest BCUT2D eigenvalue weighted by atomic mass is 14.2. The van der Waals surface area contributed by atoms with E-state index in [2.05, 4.69) is 243 Å². The van der Waals surface area contributed by atoms with Crippen LogP contribution in [0.15, 0.2) is 243 Å². The van der Waals surface area contributed by atoms with Gasteiger partial charge >= 0.3 is 0 Å². The van der Waals surface area contributed by atoms with E-state index in [1.807, 2.05) is 0 Å². The minimum Gasteiger partial charge on any atom is -0.0622 e. The lowest BCUT2D eigenvalue weighted by Crippen LogP contribution is -1.97. The van der Waals surface area contributed by atoms with Crippen LogP contribution in [0.5, 0.6) is 0 Å². The van der Waals surface area contributed by atoms with Gasteiger partial charge in [-0.25, -0.2) is 0 Å². The van der Waals surface area contributed by atoms with Crippen LogP contribution in [0, 0.1) is 0 Å². The maximum atomic E-state index is 2.19. The highest BCUT2D eigenvalue weighted by molar-refractivity contribution is 6.05. The molecule has 0 N–H and O–H groups in total. The summed E-state index contributed by atoms with van der Waals surface area (Å²) in [7, 11) is 0. The fraction of sp³-hybridized carbons (Fsp3) is 0. The van der Waals surface area contributed by atoms with E-state index in [9.17, 15) is 0 Å². The van der Waals surface area contributed by atoms with E-state index in [-0.39, 0.29) is 0 Å². The Morgan fingerprint density at radius 1 is 0.135 bits per heavy atom. The fourth-order valence-electron chi connectivity index (χ4n) is 6.66. The molecule has 0 saturated carbocycles. The predicted molar refractivity (Wildman–Crippen MR) is 222 cm³/mol. The molecule has 0 atom stereocenters. The summed E-state index contributed by atoms with van der Waals surface area (Å²) in [5.41, 5.74) is 14.8. The first-order chi connectivity index (χ1) is 25.9. The van der Waals surface area contributed by atoms with E-state index < -0.39 is 0 Å². The van der Waals surface area contributed by atoms with Crippen molar-refractivity contribution in [2.24, 2.45) is 0 Å². The Balaban J connectivity index is 0.000000162. The first-order valence-corrected chi connectivity index (χ1v) is 17.8. The van der Waals surface area contributed by atoms with Gasteiger partial charge in [0.1, 0.15) is 0 Å². The second-order valence-corrected chi connectivity index (χ2v) is 12.4. The second-order valence-electron chi connectivity index (χ2n) is 12.4. The topological polar surface area (TPSA) is 0 Å². The van der Waals surface area contributed by atoms with Gasteiger partial charge in [-0.3, -0.25) is 0 Å². The molecular weight excluding hydrogens is 625 g/mol. The van der Waals surface area contributed by atoms with E-state index in [1.54, 1.807) is 0 Å². The Morgan fingerprint density at radius 2 is 0.231 bits per heavy atom. The van der Waals surface area contributed by atoms with Gasteiger partial charge in [0.25, 0.3) is 0 Å². The van der Waals surface area contributed by atoms with Crippen LogP contribution in [0.1, 0.15) is 44.5 Å². The van der Waals surface area contributed by atoms with Crippen molar-refractivity contribution in [1.29, 1.82) is 0 Å². The van der Waals surface area contributed by atoms with E-state index in [4.69, 9.17) is 0 Å². The molecule has 0 heterocycles. The zero-order valence-electron chi connectivity index (χ0n) is 29.1. The molecule has 52 heavy (non-hydrogen) atoms. The maximum Gasteiger partial charge on any atom is -0.00268 e. The standard InChI is InChI=1S/2C26H20/c2*1-5-13-21(14-6-1)25(22-15-7-2-8-16-22)26(23-17-9-3-10-18-23)24-19-11-4-12-20-24/h2*1-20H. The minimum absolute atomic E-state index is 1.22. The Labute approximate surface area is 308 Å². The summed E-state index contributed by atoms with van der Waals surface area (Å²) in [5, 5.41) is 0. The third-order valence-corrected chi connectivity index (χ3v) is 9.00. The predicted octanol–water partition coefficient (Wildman–Crippen LogP) is 13.4. The number of hydrogen-bond donors (Lipinski definition) is 0. The van der Waals surface area contributed by atoms with E-state index in [0.29, 0.717) is 0 Å². The van der Waals surface area contributed by atoms with Crippen molar-refractivity contribution in [2.75, 3.05) is 0 Å². The van der Waals surface area contributed by atoms with Crippen LogP contribution >= 0.6 is 0 Å². The molecule has 0 unspecified atom stereocenters. The highest BCUT2D eigenvalue weighted by Gasteiger charge is 2.17. The largest absolute Gasteiger partial charge is 0.0622 e. The summed E-state index contributed by atoms with van der Waals surface area (Å²) in [6, 6.07) is 85.2. The molecule has 0 aliphatic heterocycles. The normalized spacial score (nSPS) is 10.3. The molecule has 8 aromatic rings. The van der Waals surface area contributed by atoms with Crippen molar-refractivity contribution in [3.05, 3.63) is 287 Å². The summed E-state index contributed by atoms with van der Waals surface area (Å²) >= 11 is 0. The van der Waals surface area contributed by atoms with Crippen LogP contribution in [0.2, 0.25) is 0 Å². The Bertz CT molecular complexity index is 1800. The number of hydrogen-bond acceptors (Lipinski definition) is 0. The Kier molecular flexibility index (Phi) is 11.2. The van der Waals surface area contributed by atoms with Gasteiger partial charge in [0.2, 0.25) is 0 Å². The molecule has 0 amide bonds. The van der Waals surface area contributed by atoms with Crippen molar-refractivity contribution < 1.29 is 0 Å². The van der Waals surface area contributed by atoms with Crippen molar-refractivity contribution in [2.45, 2.75) is 0 Å². The molecule has 0 aromatic heterocycles. The lowest BCUT2D eigenvalue weighted by Gasteiger charge is -2.18. The van der Waals surface area contributed by atoms with Gasteiger partial charge in [-0.2, -0.15) is 0 Å². The molecule has 248 valence electrons. The SMILES string of the molecule is c1ccc(C(=C(c2ccccc2)c2ccccc2)c2ccccc2)cc1.c1ccc(C(=C(c2ccccc2)c2ccccc2)c2ccccc2)cc1. The van der Waals surface area contributed by atoms with Crippen LogP contribution < -0.4 is 0 Å². The summed E-state index contributed by atoms with van der Waals surface area (Å²) in [6.45, 7) is 0. The average molecular weight is 665 g/mol. The summed E-state index contributed by atoms with van der Waals surface area (Å²) in [5.74, 6) is 0. The molecule has 0 spiro atoms.